The van der Waals surface area contributed by atoms with E-state index in [0.29, 0.717) is 12.8 Å². The molecule has 1 fully saturated rings. The lowest BCUT2D eigenvalue weighted by Gasteiger charge is -2.32. The standard InChI is InChI=1S/C28H39N3O5S/c1-4-26(28(33)29-23-11-8-9-12-23)31(21-22-16-18-24(36-3)19-17-22)27(32)15-10-20-30(2)37(34,35)25-13-6-5-7-14-25/h5-7,13-14,16-19,23,26H,4,8-12,15,20-21H2,1-3H3,(H,29,33)/t26-/m1/s1. The highest BCUT2D eigenvalue weighted by molar-refractivity contribution is 7.89. The Morgan fingerprint density at radius 1 is 1.05 bits per heavy atom. The van der Waals surface area contributed by atoms with E-state index in [1.165, 1.54) is 11.4 Å². The maximum atomic E-state index is 13.5. The molecule has 1 aliphatic carbocycles. The third kappa shape index (κ3) is 7.79. The molecule has 2 aromatic carbocycles. The van der Waals surface area contributed by atoms with Gasteiger partial charge in [0.25, 0.3) is 0 Å². The molecule has 3 rings (SSSR count). The van der Waals surface area contributed by atoms with Gasteiger partial charge in [0, 0.05) is 32.6 Å². The summed E-state index contributed by atoms with van der Waals surface area (Å²) in [6.45, 7) is 2.40. The normalized spacial score (nSPS) is 14.9. The molecule has 1 N–H and O–H groups in total. The molecule has 2 amide bonds. The summed E-state index contributed by atoms with van der Waals surface area (Å²) in [6.07, 6.45) is 5.13. The molecule has 0 heterocycles. The molecule has 0 radical (unpaired) electrons. The van der Waals surface area contributed by atoms with Gasteiger partial charge < -0.3 is 15.0 Å². The zero-order valence-corrected chi connectivity index (χ0v) is 22.9. The van der Waals surface area contributed by atoms with Gasteiger partial charge in [0.15, 0.2) is 0 Å². The molecule has 0 bridgehead atoms. The van der Waals surface area contributed by atoms with E-state index < -0.39 is 16.1 Å². The van der Waals surface area contributed by atoms with Crippen molar-refractivity contribution < 1.29 is 22.7 Å². The molecule has 0 aromatic heterocycles. The second-order valence-electron chi connectivity index (χ2n) is 9.53. The zero-order chi connectivity index (χ0) is 26.8. The van der Waals surface area contributed by atoms with Crippen molar-refractivity contribution in [1.29, 1.82) is 0 Å². The van der Waals surface area contributed by atoms with Crippen LogP contribution in [-0.4, -0.2) is 62.2 Å². The molecule has 0 aliphatic heterocycles. The van der Waals surface area contributed by atoms with Gasteiger partial charge in [-0.3, -0.25) is 9.59 Å². The summed E-state index contributed by atoms with van der Waals surface area (Å²) < 4.78 is 32.1. The first kappa shape index (κ1) is 28.7. The molecular weight excluding hydrogens is 490 g/mol. The fourth-order valence-electron chi connectivity index (χ4n) is 4.70. The van der Waals surface area contributed by atoms with Crippen molar-refractivity contribution in [2.75, 3.05) is 20.7 Å². The summed E-state index contributed by atoms with van der Waals surface area (Å²) in [5, 5.41) is 3.14. The third-order valence-electron chi connectivity index (χ3n) is 6.91. The molecule has 8 nitrogen and oxygen atoms in total. The number of sulfonamides is 1. The lowest BCUT2D eigenvalue weighted by Crippen LogP contribution is -2.51. The van der Waals surface area contributed by atoms with Crippen LogP contribution >= 0.6 is 0 Å². The summed E-state index contributed by atoms with van der Waals surface area (Å²) in [6, 6.07) is 15.3. The number of nitrogens with zero attached hydrogens (tertiary/aromatic N) is 2. The Labute approximate surface area is 221 Å². The quantitative estimate of drug-likeness (QED) is 0.424. The van der Waals surface area contributed by atoms with E-state index in [9.17, 15) is 18.0 Å². The van der Waals surface area contributed by atoms with Gasteiger partial charge in [-0.25, -0.2) is 12.7 Å². The number of nitrogens with one attached hydrogen (secondary N) is 1. The highest BCUT2D eigenvalue weighted by Crippen LogP contribution is 2.21. The van der Waals surface area contributed by atoms with Gasteiger partial charge in [0.2, 0.25) is 21.8 Å². The van der Waals surface area contributed by atoms with E-state index in [1.54, 1.807) is 42.3 Å². The van der Waals surface area contributed by atoms with Crippen LogP contribution in [0.1, 0.15) is 57.4 Å². The first-order valence-electron chi connectivity index (χ1n) is 13.0. The first-order valence-corrected chi connectivity index (χ1v) is 14.4. The van der Waals surface area contributed by atoms with Gasteiger partial charge in [-0.05, 0) is 55.5 Å². The van der Waals surface area contributed by atoms with Crippen molar-refractivity contribution >= 4 is 21.8 Å². The topological polar surface area (TPSA) is 96.0 Å². The van der Waals surface area contributed by atoms with Crippen LogP contribution < -0.4 is 10.1 Å². The lowest BCUT2D eigenvalue weighted by molar-refractivity contribution is -0.141. The van der Waals surface area contributed by atoms with Crippen molar-refractivity contribution in [3.05, 3.63) is 60.2 Å². The van der Waals surface area contributed by atoms with Crippen molar-refractivity contribution in [2.45, 2.75) is 75.4 Å². The molecule has 37 heavy (non-hydrogen) atoms. The van der Waals surface area contributed by atoms with E-state index in [4.69, 9.17) is 4.74 Å². The van der Waals surface area contributed by atoms with Crippen LogP contribution in [0, 0.1) is 0 Å². The van der Waals surface area contributed by atoms with Gasteiger partial charge in [0.1, 0.15) is 11.8 Å². The number of amides is 2. The Morgan fingerprint density at radius 2 is 1.70 bits per heavy atom. The Hall–Kier alpha value is -2.91. The van der Waals surface area contributed by atoms with Crippen LogP contribution in [-0.2, 0) is 26.2 Å². The number of benzene rings is 2. The van der Waals surface area contributed by atoms with Gasteiger partial charge in [-0.15, -0.1) is 0 Å². The van der Waals surface area contributed by atoms with Crippen molar-refractivity contribution in [1.82, 2.24) is 14.5 Å². The second-order valence-corrected chi connectivity index (χ2v) is 11.6. The first-order chi connectivity index (χ1) is 17.8. The number of rotatable bonds is 13. The SMILES string of the molecule is CC[C@H](C(=O)NC1CCCC1)N(Cc1ccc(OC)cc1)C(=O)CCCN(C)S(=O)(=O)c1ccccc1. The van der Waals surface area contributed by atoms with Crippen molar-refractivity contribution in [2.24, 2.45) is 0 Å². The molecule has 0 saturated heterocycles. The summed E-state index contributed by atoms with van der Waals surface area (Å²) in [4.78, 5) is 28.6. The monoisotopic (exact) mass is 529 g/mol. The lowest BCUT2D eigenvalue weighted by atomic mass is 10.1. The Bertz CT molecular complexity index is 1120. The van der Waals surface area contributed by atoms with Gasteiger partial charge in [-0.2, -0.15) is 0 Å². The average Bonchev–Trinajstić information content (AvgIpc) is 3.42. The molecule has 0 unspecified atom stereocenters. The van der Waals surface area contributed by atoms with E-state index in [0.717, 1.165) is 37.0 Å². The molecule has 2 aromatic rings. The van der Waals surface area contributed by atoms with Crippen LogP contribution in [0.15, 0.2) is 59.5 Å². The minimum Gasteiger partial charge on any atom is -0.497 e. The van der Waals surface area contributed by atoms with Gasteiger partial charge >= 0.3 is 0 Å². The molecule has 1 aliphatic rings. The van der Waals surface area contributed by atoms with Gasteiger partial charge in [0.05, 0.1) is 12.0 Å². The summed E-state index contributed by atoms with van der Waals surface area (Å²) in [5.74, 6) is 0.421. The van der Waals surface area contributed by atoms with E-state index in [2.05, 4.69) is 5.32 Å². The number of carbonyl (C=O) groups is 2. The van der Waals surface area contributed by atoms with Crippen LogP contribution in [0.3, 0.4) is 0 Å². The Kier molecular flexibility index (Phi) is 10.5. The number of carbonyl (C=O) groups excluding carboxylic acids is 2. The summed E-state index contributed by atoms with van der Waals surface area (Å²) in [5.41, 5.74) is 0.894. The van der Waals surface area contributed by atoms with E-state index in [1.807, 2.05) is 31.2 Å². The Morgan fingerprint density at radius 3 is 2.30 bits per heavy atom. The Balaban J connectivity index is 1.69. The van der Waals surface area contributed by atoms with Gasteiger partial charge in [-0.1, -0.05) is 50.1 Å². The largest absolute Gasteiger partial charge is 0.497 e. The number of methoxy groups -OCH3 is 1. The number of ether oxygens (including phenoxy) is 1. The number of hydrogen-bond acceptors (Lipinski definition) is 5. The number of hydrogen-bond donors (Lipinski definition) is 1. The molecule has 0 spiro atoms. The molecule has 202 valence electrons. The predicted molar refractivity (Wildman–Crippen MR) is 144 cm³/mol. The van der Waals surface area contributed by atoms with Crippen molar-refractivity contribution in [3.8, 4) is 5.75 Å². The van der Waals surface area contributed by atoms with Crippen LogP contribution in [0.25, 0.3) is 0 Å². The summed E-state index contributed by atoms with van der Waals surface area (Å²) >= 11 is 0. The molecule has 1 saturated carbocycles. The fourth-order valence-corrected chi connectivity index (χ4v) is 5.93. The van der Waals surface area contributed by atoms with E-state index >= 15 is 0 Å². The van der Waals surface area contributed by atoms with Crippen LogP contribution in [0.4, 0.5) is 0 Å². The fraction of sp³-hybridized carbons (Fsp3) is 0.500. The van der Waals surface area contributed by atoms with E-state index in [-0.39, 0.29) is 42.3 Å². The molecule has 1 atom stereocenters. The maximum absolute atomic E-state index is 13.5. The smallest absolute Gasteiger partial charge is 0.243 e. The van der Waals surface area contributed by atoms with Crippen LogP contribution in [0.5, 0.6) is 5.75 Å². The van der Waals surface area contributed by atoms with Crippen LogP contribution in [0.2, 0.25) is 0 Å². The molecular formula is C28H39N3O5S. The highest BCUT2D eigenvalue weighted by atomic mass is 32.2. The van der Waals surface area contributed by atoms with Crippen molar-refractivity contribution in [3.63, 3.8) is 0 Å². The third-order valence-corrected chi connectivity index (χ3v) is 8.79. The predicted octanol–water partition coefficient (Wildman–Crippen LogP) is 3.96. The highest BCUT2D eigenvalue weighted by Gasteiger charge is 2.30. The molecule has 9 heteroatoms. The average molecular weight is 530 g/mol. The minimum atomic E-state index is -3.63. The zero-order valence-electron chi connectivity index (χ0n) is 22.1. The second kappa shape index (κ2) is 13.6. The minimum absolute atomic E-state index is 0.125. The summed E-state index contributed by atoms with van der Waals surface area (Å²) in [7, 11) is -0.511. The maximum Gasteiger partial charge on any atom is 0.243 e.